The van der Waals surface area contributed by atoms with Crippen LogP contribution in [0.1, 0.15) is 5.56 Å². The Morgan fingerprint density at radius 1 is 0.900 bits per heavy atom. The predicted octanol–water partition coefficient (Wildman–Crippen LogP) is 5.22. The quantitative estimate of drug-likeness (QED) is 0.702. The lowest BCUT2D eigenvalue weighted by molar-refractivity contribution is 1.46. The van der Waals surface area contributed by atoms with Crippen LogP contribution in [0, 0.1) is 11.3 Å². The van der Waals surface area contributed by atoms with Crippen molar-refractivity contribution in [3.05, 3.63) is 70.7 Å². The van der Waals surface area contributed by atoms with Crippen LogP contribution in [0.15, 0.2) is 65.1 Å². The number of hydrogen-bond acceptors (Lipinski definition) is 2. The molecule has 0 bridgehead atoms. The molecule has 0 unspecified atom stereocenters. The molecule has 0 saturated heterocycles. The molecule has 0 amide bonds. The summed E-state index contributed by atoms with van der Waals surface area (Å²) in [5.74, 6) is 0. The number of nitrogens with zero attached hydrogens (tertiary/aromatic N) is 1. The topological polar surface area (TPSA) is 35.8 Å². The Labute approximate surface area is 125 Å². The van der Waals surface area contributed by atoms with Gasteiger partial charge in [0, 0.05) is 15.5 Å². The summed E-state index contributed by atoms with van der Waals surface area (Å²) in [6.45, 7) is 0. The van der Waals surface area contributed by atoms with Gasteiger partial charge in [-0.1, -0.05) is 52.3 Å². The van der Waals surface area contributed by atoms with Crippen molar-refractivity contribution in [3.8, 4) is 6.07 Å². The highest BCUT2D eigenvalue weighted by molar-refractivity contribution is 9.10. The SMILES string of the molecule is N#Cc1ccc(Br)cc1Nc1cccc2ccccc12. The average Bonchev–Trinajstić information content (AvgIpc) is 2.48. The van der Waals surface area contributed by atoms with Gasteiger partial charge in [-0.2, -0.15) is 5.26 Å². The van der Waals surface area contributed by atoms with Gasteiger partial charge >= 0.3 is 0 Å². The first-order chi connectivity index (χ1) is 9.78. The van der Waals surface area contributed by atoms with Crippen LogP contribution < -0.4 is 5.32 Å². The fourth-order valence-electron chi connectivity index (χ4n) is 2.20. The van der Waals surface area contributed by atoms with Crippen LogP contribution in [0.5, 0.6) is 0 Å². The molecular formula is C17H11BrN2. The summed E-state index contributed by atoms with van der Waals surface area (Å²) in [6.07, 6.45) is 0. The van der Waals surface area contributed by atoms with E-state index in [9.17, 15) is 5.26 Å². The second kappa shape index (κ2) is 5.36. The van der Waals surface area contributed by atoms with E-state index in [2.05, 4.69) is 45.5 Å². The molecule has 0 aromatic heterocycles. The highest BCUT2D eigenvalue weighted by Gasteiger charge is 2.05. The van der Waals surface area contributed by atoms with Crippen LogP contribution in [-0.2, 0) is 0 Å². The molecule has 2 nitrogen and oxygen atoms in total. The first kappa shape index (κ1) is 12.7. The standard InChI is InChI=1S/C17H11BrN2/c18-14-9-8-13(11-19)17(10-14)20-16-7-3-5-12-4-1-2-6-15(12)16/h1-10,20H. The third-order valence-electron chi connectivity index (χ3n) is 3.16. The summed E-state index contributed by atoms with van der Waals surface area (Å²) in [4.78, 5) is 0. The Hall–Kier alpha value is -2.31. The molecule has 0 spiro atoms. The molecular weight excluding hydrogens is 312 g/mol. The predicted molar refractivity (Wildman–Crippen MR) is 86.1 cm³/mol. The Morgan fingerprint density at radius 2 is 1.70 bits per heavy atom. The summed E-state index contributed by atoms with van der Waals surface area (Å²) >= 11 is 3.44. The maximum atomic E-state index is 9.20. The number of hydrogen-bond donors (Lipinski definition) is 1. The molecule has 0 aliphatic heterocycles. The van der Waals surface area contributed by atoms with Crippen LogP contribution in [0.2, 0.25) is 0 Å². The number of halogens is 1. The van der Waals surface area contributed by atoms with Gasteiger partial charge in [-0.15, -0.1) is 0 Å². The first-order valence-corrected chi connectivity index (χ1v) is 7.01. The fourth-order valence-corrected chi connectivity index (χ4v) is 2.56. The number of nitriles is 1. The van der Waals surface area contributed by atoms with Gasteiger partial charge < -0.3 is 5.32 Å². The molecule has 0 saturated carbocycles. The van der Waals surface area contributed by atoms with E-state index in [-0.39, 0.29) is 0 Å². The lowest BCUT2D eigenvalue weighted by Gasteiger charge is -2.11. The van der Waals surface area contributed by atoms with E-state index in [1.807, 2.05) is 36.4 Å². The van der Waals surface area contributed by atoms with Gasteiger partial charge in [-0.25, -0.2) is 0 Å². The van der Waals surface area contributed by atoms with Crippen LogP contribution in [0.4, 0.5) is 11.4 Å². The third kappa shape index (κ3) is 2.38. The summed E-state index contributed by atoms with van der Waals surface area (Å²) in [5, 5.41) is 14.9. The Bertz CT molecular complexity index is 813. The second-order valence-electron chi connectivity index (χ2n) is 4.45. The van der Waals surface area contributed by atoms with Crippen molar-refractivity contribution < 1.29 is 0 Å². The number of benzene rings is 3. The van der Waals surface area contributed by atoms with Crippen molar-refractivity contribution in [1.82, 2.24) is 0 Å². The van der Waals surface area contributed by atoms with Gasteiger partial charge in [0.25, 0.3) is 0 Å². The monoisotopic (exact) mass is 322 g/mol. The molecule has 96 valence electrons. The van der Waals surface area contributed by atoms with E-state index in [4.69, 9.17) is 0 Å². The lowest BCUT2D eigenvalue weighted by atomic mass is 10.1. The van der Waals surface area contributed by atoms with Crippen molar-refractivity contribution in [3.63, 3.8) is 0 Å². The molecule has 3 rings (SSSR count). The number of anilines is 2. The smallest absolute Gasteiger partial charge is 0.101 e. The van der Waals surface area contributed by atoms with E-state index < -0.39 is 0 Å². The number of nitrogens with one attached hydrogen (secondary N) is 1. The fraction of sp³-hybridized carbons (Fsp3) is 0. The lowest BCUT2D eigenvalue weighted by Crippen LogP contribution is -1.94. The molecule has 20 heavy (non-hydrogen) atoms. The molecule has 3 aromatic carbocycles. The zero-order valence-electron chi connectivity index (χ0n) is 10.6. The minimum Gasteiger partial charge on any atom is -0.354 e. The van der Waals surface area contributed by atoms with Crippen LogP contribution in [0.3, 0.4) is 0 Å². The molecule has 0 heterocycles. The largest absolute Gasteiger partial charge is 0.354 e. The Morgan fingerprint density at radius 3 is 2.55 bits per heavy atom. The Balaban J connectivity index is 2.10. The minimum absolute atomic E-state index is 0.626. The normalized spacial score (nSPS) is 10.2. The molecule has 0 atom stereocenters. The van der Waals surface area contributed by atoms with Crippen molar-refractivity contribution in [1.29, 1.82) is 5.26 Å². The Kier molecular flexibility index (Phi) is 3.41. The zero-order chi connectivity index (χ0) is 13.9. The maximum Gasteiger partial charge on any atom is 0.101 e. The number of fused-ring (bicyclic) bond motifs is 1. The summed E-state index contributed by atoms with van der Waals surface area (Å²) < 4.78 is 0.944. The average molecular weight is 323 g/mol. The molecule has 3 aromatic rings. The van der Waals surface area contributed by atoms with Crippen LogP contribution in [0.25, 0.3) is 10.8 Å². The van der Waals surface area contributed by atoms with Gasteiger partial charge in [0.1, 0.15) is 6.07 Å². The highest BCUT2D eigenvalue weighted by Crippen LogP contribution is 2.29. The molecule has 0 fully saturated rings. The molecule has 3 heteroatoms. The van der Waals surface area contributed by atoms with E-state index in [1.165, 1.54) is 5.39 Å². The second-order valence-corrected chi connectivity index (χ2v) is 5.37. The highest BCUT2D eigenvalue weighted by atomic mass is 79.9. The van der Waals surface area contributed by atoms with Crippen molar-refractivity contribution in [2.24, 2.45) is 0 Å². The summed E-state index contributed by atoms with van der Waals surface area (Å²) in [7, 11) is 0. The van der Waals surface area contributed by atoms with Gasteiger partial charge in [-0.05, 0) is 29.7 Å². The molecule has 0 radical (unpaired) electrons. The summed E-state index contributed by atoms with van der Waals surface area (Å²) in [6, 6.07) is 22.1. The maximum absolute atomic E-state index is 9.20. The van der Waals surface area contributed by atoms with E-state index in [1.54, 1.807) is 6.07 Å². The van der Waals surface area contributed by atoms with Crippen molar-refractivity contribution in [2.75, 3.05) is 5.32 Å². The van der Waals surface area contributed by atoms with Crippen molar-refractivity contribution >= 4 is 38.1 Å². The third-order valence-corrected chi connectivity index (χ3v) is 3.65. The number of rotatable bonds is 2. The van der Waals surface area contributed by atoms with Crippen molar-refractivity contribution in [2.45, 2.75) is 0 Å². The van der Waals surface area contributed by atoms with Gasteiger partial charge in [0.05, 0.1) is 11.3 Å². The van der Waals surface area contributed by atoms with E-state index in [0.717, 1.165) is 21.2 Å². The van der Waals surface area contributed by atoms with Crippen LogP contribution >= 0.6 is 15.9 Å². The molecule has 0 aliphatic carbocycles. The van der Waals surface area contributed by atoms with Gasteiger partial charge in [-0.3, -0.25) is 0 Å². The van der Waals surface area contributed by atoms with Gasteiger partial charge in [0.15, 0.2) is 0 Å². The summed E-state index contributed by atoms with van der Waals surface area (Å²) in [5.41, 5.74) is 2.43. The van der Waals surface area contributed by atoms with E-state index in [0.29, 0.717) is 5.56 Å². The minimum atomic E-state index is 0.626. The molecule has 0 aliphatic rings. The van der Waals surface area contributed by atoms with E-state index >= 15 is 0 Å². The van der Waals surface area contributed by atoms with Crippen LogP contribution in [-0.4, -0.2) is 0 Å². The zero-order valence-corrected chi connectivity index (χ0v) is 12.2. The molecule has 1 N–H and O–H groups in total. The van der Waals surface area contributed by atoms with Gasteiger partial charge in [0.2, 0.25) is 0 Å². The first-order valence-electron chi connectivity index (χ1n) is 6.22.